The van der Waals surface area contributed by atoms with Gasteiger partial charge in [-0.2, -0.15) is 0 Å². The van der Waals surface area contributed by atoms with Crippen molar-refractivity contribution in [3.63, 3.8) is 0 Å². The van der Waals surface area contributed by atoms with Crippen LogP contribution in [0.3, 0.4) is 0 Å². The third-order valence-electron chi connectivity index (χ3n) is 7.47. The smallest absolute Gasteiger partial charge is 0.180 e. The first-order valence-electron chi connectivity index (χ1n) is 13.6. The molecule has 0 saturated carbocycles. The lowest BCUT2D eigenvalue weighted by Crippen LogP contribution is -2.39. The van der Waals surface area contributed by atoms with Crippen molar-refractivity contribution in [1.29, 1.82) is 0 Å². The van der Waals surface area contributed by atoms with E-state index in [1.165, 1.54) is 12.1 Å². The van der Waals surface area contributed by atoms with Crippen molar-refractivity contribution in [1.82, 2.24) is 4.90 Å². The highest BCUT2D eigenvalue weighted by Gasteiger charge is 2.43. The molecule has 0 unspecified atom stereocenters. The van der Waals surface area contributed by atoms with Crippen LogP contribution in [0, 0.1) is 5.82 Å². The summed E-state index contributed by atoms with van der Waals surface area (Å²) in [4.78, 5) is 29.2. The minimum Gasteiger partial charge on any atom is -0.490 e. The van der Waals surface area contributed by atoms with Crippen LogP contribution in [-0.2, 0) is 16.2 Å². The van der Waals surface area contributed by atoms with Gasteiger partial charge in [0.05, 0.1) is 11.6 Å². The summed E-state index contributed by atoms with van der Waals surface area (Å²) >= 11 is 6.80. The SMILES string of the molecule is CCCN1C2=C(C(=O)CCC2)C(c2cc(Cl)c(OCc3cccc(F)c3)c(OCC)c2)C2=C1CCCC2=O. The molecule has 200 valence electrons. The third-order valence-corrected chi connectivity index (χ3v) is 7.75. The molecule has 5 rings (SSSR count). The van der Waals surface area contributed by atoms with E-state index in [0.717, 1.165) is 66.8 Å². The minimum atomic E-state index is -0.470. The van der Waals surface area contributed by atoms with E-state index in [2.05, 4.69) is 11.8 Å². The van der Waals surface area contributed by atoms with Gasteiger partial charge < -0.3 is 14.4 Å². The number of ketones is 2. The minimum absolute atomic E-state index is 0.0998. The second-order valence-electron chi connectivity index (χ2n) is 10.0. The molecular weight excluding hydrogens is 505 g/mol. The molecule has 1 aliphatic heterocycles. The van der Waals surface area contributed by atoms with Crippen LogP contribution in [-0.4, -0.2) is 29.6 Å². The Labute approximate surface area is 228 Å². The summed E-state index contributed by atoms with van der Waals surface area (Å²) in [6, 6.07) is 9.86. The highest BCUT2D eigenvalue weighted by atomic mass is 35.5. The lowest BCUT2D eigenvalue weighted by molar-refractivity contribution is -0.117. The van der Waals surface area contributed by atoms with Gasteiger partial charge in [-0.25, -0.2) is 4.39 Å². The Hall–Kier alpha value is -3.12. The van der Waals surface area contributed by atoms with Gasteiger partial charge in [0, 0.05) is 47.8 Å². The quantitative estimate of drug-likeness (QED) is 0.354. The number of carbonyl (C=O) groups is 2. The van der Waals surface area contributed by atoms with E-state index in [1.54, 1.807) is 18.2 Å². The molecule has 38 heavy (non-hydrogen) atoms. The lowest BCUT2D eigenvalue weighted by atomic mass is 9.71. The van der Waals surface area contributed by atoms with Gasteiger partial charge in [-0.3, -0.25) is 9.59 Å². The van der Waals surface area contributed by atoms with Gasteiger partial charge in [-0.1, -0.05) is 30.7 Å². The molecule has 1 heterocycles. The molecule has 0 N–H and O–H groups in total. The topological polar surface area (TPSA) is 55.8 Å². The highest BCUT2D eigenvalue weighted by molar-refractivity contribution is 6.32. The fourth-order valence-electron chi connectivity index (χ4n) is 5.98. The van der Waals surface area contributed by atoms with Crippen LogP contribution in [0.5, 0.6) is 11.5 Å². The van der Waals surface area contributed by atoms with Gasteiger partial charge >= 0.3 is 0 Å². The van der Waals surface area contributed by atoms with E-state index in [1.807, 2.05) is 13.0 Å². The maximum Gasteiger partial charge on any atom is 0.180 e. The summed E-state index contributed by atoms with van der Waals surface area (Å²) in [5.74, 6) is 0.194. The Bertz CT molecular complexity index is 1290. The fraction of sp³-hybridized carbons (Fsp3) is 0.419. The summed E-state index contributed by atoms with van der Waals surface area (Å²) in [6.07, 6.45) is 5.17. The Balaban J connectivity index is 1.61. The van der Waals surface area contributed by atoms with Crippen molar-refractivity contribution in [3.05, 3.63) is 80.9 Å². The second-order valence-corrected chi connectivity index (χ2v) is 10.4. The van der Waals surface area contributed by atoms with Crippen LogP contribution in [0.2, 0.25) is 5.02 Å². The predicted molar refractivity (Wildman–Crippen MR) is 145 cm³/mol. The number of ether oxygens (including phenoxy) is 2. The van der Waals surface area contributed by atoms with Crippen LogP contribution in [0.15, 0.2) is 58.9 Å². The summed E-state index contributed by atoms with van der Waals surface area (Å²) in [5, 5.41) is 0.328. The first kappa shape index (κ1) is 26.5. The van der Waals surface area contributed by atoms with Gasteiger partial charge in [0.15, 0.2) is 23.1 Å². The summed E-state index contributed by atoms with van der Waals surface area (Å²) < 4.78 is 25.6. The molecule has 3 aliphatic rings. The van der Waals surface area contributed by atoms with Crippen LogP contribution in [0.1, 0.15) is 75.8 Å². The Kier molecular flexibility index (Phi) is 7.89. The van der Waals surface area contributed by atoms with E-state index in [9.17, 15) is 14.0 Å². The first-order chi connectivity index (χ1) is 18.4. The molecule has 2 aromatic rings. The van der Waals surface area contributed by atoms with Crippen molar-refractivity contribution >= 4 is 23.2 Å². The largest absolute Gasteiger partial charge is 0.490 e. The van der Waals surface area contributed by atoms with E-state index in [0.29, 0.717) is 41.5 Å². The molecule has 0 atom stereocenters. The van der Waals surface area contributed by atoms with Gasteiger partial charge in [0.25, 0.3) is 0 Å². The summed E-state index contributed by atoms with van der Waals surface area (Å²) in [5.41, 5.74) is 5.00. The number of hydrogen-bond donors (Lipinski definition) is 0. The highest BCUT2D eigenvalue weighted by Crippen LogP contribution is 2.51. The molecule has 0 aromatic heterocycles. The van der Waals surface area contributed by atoms with E-state index in [4.69, 9.17) is 21.1 Å². The van der Waals surface area contributed by atoms with Gasteiger partial charge in [-0.15, -0.1) is 0 Å². The first-order valence-corrected chi connectivity index (χ1v) is 13.9. The molecular formula is C31H33ClFNO4. The molecule has 5 nitrogen and oxygen atoms in total. The van der Waals surface area contributed by atoms with Crippen molar-refractivity contribution in [3.8, 4) is 11.5 Å². The number of carbonyl (C=O) groups excluding carboxylic acids is 2. The molecule has 2 aliphatic carbocycles. The number of benzene rings is 2. The summed E-state index contributed by atoms with van der Waals surface area (Å²) in [6.45, 7) is 5.29. The van der Waals surface area contributed by atoms with Crippen molar-refractivity contribution in [2.24, 2.45) is 0 Å². The van der Waals surface area contributed by atoms with Crippen LogP contribution < -0.4 is 9.47 Å². The molecule has 0 amide bonds. The monoisotopic (exact) mass is 537 g/mol. The lowest BCUT2D eigenvalue weighted by Gasteiger charge is -2.44. The van der Waals surface area contributed by atoms with Gasteiger partial charge in [-0.05, 0) is 74.4 Å². The van der Waals surface area contributed by atoms with Crippen LogP contribution >= 0.6 is 11.6 Å². The zero-order valence-electron chi connectivity index (χ0n) is 21.9. The zero-order valence-corrected chi connectivity index (χ0v) is 22.7. The number of hydrogen-bond acceptors (Lipinski definition) is 5. The Morgan fingerprint density at radius 2 is 1.63 bits per heavy atom. The van der Waals surface area contributed by atoms with E-state index in [-0.39, 0.29) is 24.0 Å². The number of nitrogens with zero attached hydrogens (tertiary/aromatic N) is 1. The van der Waals surface area contributed by atoms with Gasteiger partial charge in [0.1, 0.15) is 12.4 Å². The van der Waals surface area contributed by atoms with E-state index >= 15 is 0 Å². The zero-order chi connectivity index (χ0) is 26.8. The second kappa shape index (κ2) is 11.3. The van der Waals surface area contributed by atoms with Crippen molar-refractivity contribution < 1.29 is 23.5 Å². The molecule has 0 saturated heterocycles. The molecule has 0 bridgehead atoms. The number of Topliss-reactive ketones (excluding diaryl/α,β-unsaturated/α-hetero) is 2. The predicted octanol–water partition coefficient (Wildman–Crippen LogP) is 7.28. The number of allylic oxidation sites excluding steroid dienone is 4. The van der Waals surface area contributed by atoms with Crippen LogP contribution in [0.4, 0.5) is 4.39 Å². The Morgan fingerprint density at radius 3 is 2.24 bits per heavy atom. The molecule has 7 heteroatoms. The van der Waals surface area contributed by atoms with Crippen molar-refractivity contribution in [2.45, 2.75) is 71.3 Å². The Morgan fingerprint density at radius 1 is 0.947 bits per heavy atom. The molecule has 0 radical (unpaired) electrons. The van der Waals surface area contributed by atoms with Crippen LogP contribution in [0.25, 0.3) is 0 Å². The molecule has 0 spiro atoms. The number of halogens is 2. The van der Waals surface area contributed by atoms with Gasteiger partial charge in [0.2, 0.25) is 0 Å². The number of rotatable bonds is 8. The van der Waals surface area contributed by atoms with Crippen molar-refractivity contribution in [2.75, 3.05) is 13.2 Å². The maximum atomic E-state index is 13.7. The maximum absolute atomic E-state index is 13.7. The average molecular weight is 538 g/mol. The average Bonchev–Trinajstić information content (AvgIpc) is 2.89. The molecule has 2 aromatic carbocycles. The molecule has 0 fully saturated rings. The fourth-order valence-corrected chi connectivity index (χ4v) is 6.26. The standard InChI is InChI=1S/C31H33ClFNO4/c1-3-14-34-23-10-6-12-25(35)29(23)28(30-24(34)11-7-13-26(30)36)20-16-22(32)31(27(17-20)37-4-2)38-18-19-8-5-9-21(33)15-19/h5,8-9,15-17,28H,3-4,6-7,10-14,18H2,1-2H3. The normalized spacial score (nSPS) is 18.1. The third kappa shape index (κ3) is 4.98. The summed E-state index contributed by atoms with van der Waals surface area (Å²) in [7, 11) is 0. The van der Waals surface area contributed by atoms with E-state index < -0.39 is 5.92 Å².